The van der Waals surface area contributed by atoms with Crippen LogP contribution >= 0.6 is 11.6 Å². The van der Waals surface area contributed by atoms with Crippen molar-refractivity contribution in [3.8, 4) is 5.75 Å². The fraction of sp³-hybridized carbons (Fsp3) is 0.409. The SMILES string of the molecule is CC(C(=O)Nc1ccc(Cl)cc1)C1CCC(COc2ccccc2)CC1. The summed E-state index contributed by atoms with van der Waals surface area (Å²) < 4.78 is 5.89. The lowest BCUT2D eigenvalue weighted by Crippen LogP contribution is -2.31. The third-order valence-corrected chi connectivity index (χ3v) is 5.60. The molecule has 0 bridgehead atoms. The van der Waals surface area contributed by atoms with Crippen LogP contribution in [0.4, 0.5) is 5.69 Å². The van der Waals surface area contributed by atoms with Crippen molar-refractivity contribution < 1.29 is 9.53 Å². The highest BCUT2D eigenvalue weighted by atomic mass is 35.5. The normalized spacial score (nSPS) is 21.0. The number of benzene rings is 2. The summed E-state index contributed by atoms with van der Waals surface area (Å²) in [5.41, 5.74) is 0.802. The molecule has 0 aliphatic heterocycles. The number of carbonyl (C=O) groups is 1. The van der Waals surface area contributed by atoms with Crippen molar-refractivity contribution in [2.45, 2.75) is 32.6 Å². The Morgan fingerprint density at radius 3 is 2.38 bits per heavy atom. The average molecular weight is 372 g/mol. The lowest BCUT2D eigenvalue weighted by Gasteiger charge is -2.31. The zero-order chi connectivity index (χ0) is 18.4. The molecule has 1 aliphatic carbocycles. The van der Waals surface area contributed by atoms with E-state index in [9.17, 15) is 4.79 Å². The minimum atomic E-state index is 0.0154. The monoisotopic (exact) mass is 371 g/mol. The van der Waals surface area contributed by atoms with Crippen molar-refractivity contribution in [1.29, 1.82) is 0 Å². The first-order chi connectivity index (χ1) is 12.6. The van der Waals surface area contributed by atoms with Gasteiger partial charge in [0.05, 0.1) is 6.61 Å². The Morgan fingerprint density at radius 2 is 1.73 bits per heavy atom. The van der Waals surface area contributed by atoms with Gasteiger partial charge >= 0.3 is 0 Å². The van der Waals surface area contributed by atoms with Gasteiger partial charge < -0.3 is 10.1 Å². The number of amides is 1. The van der Waals surface area contributed by atoms with Gasteiger partial charge in [0, 0.05) is 16.6 Å². The van der Waals surface area contributed by atoms with E-state index in [1.165, 1.54) is 0 Å². The molecule has 26 heavy (non-hydrogen) atoms. The third-order valence-electron chi connectivity index (χ3n) is 5.35. The Kier molecular flexibility index (Phi) is 6.56. The summed E-state index contributed by atoms with van der Waals surface area (Å²) >= 11 is 5.89. The molecule has 0 radical (unpaired) electrons. The minimum absolute atomic E-state index is 0.0154. The summed E-state index contributed by atoms with van der Waals surface area (Å²) in [6.07, 6.45) is 4.40. The molecule has 0 heterocycles. The summed E-state index contributed by atoms with van der Waals surface area (Å²) in [5.74, 6) is 2.07. The van der Waals surface area contributed by atoms with Gasteiger partial charge in [-0.15, -0.1) is 0 Å². The number of carbonyl (C=O) groups excluding carboxylic acids is 1. The maximum Gasteiger partial charge on any atom is 0.227 e. The van der Waals surface area contributed by atoms with Crippen LogP contribution in [0.3, 0.4) is 0 Å². The van der Waals surface area contributed by atoms with Gasteiger partial charge in [0.25, 0.3) is 0 Å². The molecule has 1 saturated carbocycles. The van der Waals surface area contributed by atoms with Crippen LogP contribution in [0.2, 0.25) is 5.02 Å². The molecule has 0 saturated heterocycles. The van der Waals surface area contributed by atoms with Gasteiger partial charge in [0.15, 0.2) is 0 Å². The fourth-order valence-electron chi connectivity index (χ4n) is 3.59. The molecule has 1 atom stereocenters. The first-order valence-corrected chi connectivity index (χ1v) is 9.74. The van der Waals surface area contributed by atoms with Crippen LogP contribution in [0.25, 0.3) is 0 Å². The van der Waals surface area contributed by atoms with Crippen molar-refractivity contribution in [2.24, 2.45) is 17.8 Å². The smallest absolute Gasteiger partial charge is 0.227 e. The Bertz CT molecular complexity index is 694. The Balaban J connectivity index is 1.43. The first-order valence-electron chi connectivity index (χ1n) is 9.36. The van der Waals surface area contributed by atoms with Crippen molar-refractivity contribution in [3.05, 3.63) is 59.6 Å². The van der Waals surface area contributed by atoms with E-state index >= 15 is 0 Å². The Labute approximate surface area is 160 Å². The second-order valence-corrected chi connectivity index (χ2v) is 7.63. The highest BCUT2D eigenvalue weighted by molar-refractivity contribution is 6.30. The third kappa shape index (κ3) is 5.25. The van der Waals surface area contributed by atoms with Crippen LogP contribution in [-0.2, 0) is 4.79 Å². The van der Waals surface area contributed by atoms with Gasteiger partial charge in [-0.3, -0.25) is 4.79 Å². The minimum Gasteiger partial charge on any atom is -0.493 e. The molecule has 2 aromatic carbocycles. The Morgan fingerprint density at radius 1 is 1.08 bits per heavy atom. The van der Waals surface area contributed by atoms with Crippen LogP contribution in [0.1, 0.15) is 32.6 Å². The maximum atomic E-state index is 12.5. The predicted octanol–water partition coefficient (Wildman–Crippen LogP) is 5.80. The summed E-state index contributed by atoms with van der Waals surface area (Å²) in [5, 5.41) is 3.68. The van der Waals surface area contributed by atoms with Crippen LogP contribution in [-0.4, -0.2) is 12.5 Å². The molecule has 1 aliphatic rings. The van der Waals surface area contributed by atoms with E-state index in [2.05, 4.69) is 5.32 Å². The fourth-order valence-corrected chi connectivity index (χ4v) is 3.72. The van der Waals surface area contributed by atoms with Gasteiger partial charge in [0.1, 0.15) is 5.75 Å². The predicted molar refractivity (Wildman–Crippen MR) is 107 cm³/mol. The summed E-state index contributed by atoms with van der Waals surface area (Å²) in [4.78, 5) is 12.5. The molecule has 138 valence electrons. The molecule has 1 amide bonds. The van der Waals surface area contributed by atoms with E-state index in [1.54, 1.807) is 12.1 Å². The van der Waals surface area contributed by atoms with Crippen LogP contribution in [0, 0.1) is 17.8 Å². The number of hydrogen-bond donors (Lipinski definition) is 1. The summed E-state index contributed by atoms with van der Waals surface area (Å²) in [6.45, 7) is 2.80. The first kappa shape index (κ1) is 18.8. The van der Waals surface area contributed by atoms with E-state index in [4.69, 9.17) is 16.3 Å². The summed E-state index contributed by atoms with van der Waals surface area (Å²) in [7, 11) is 0. The second kappa shape index (κ2) is 9.09. The van der Waals surface area contributed by atoms with Crippen molar-refractivity contribution in [2.75, 3.05) is 11.9 Å². The highest BCUT2D eigenvalue weighted by Gasteiger charge is 2.29. The molecule has 1 N–H and O–H groups in total. The number of rotatable bonds is 6. The highest BCUT2D eigenvalue weighted by Crippen LogP contribution is 2.34. The van der Waals surface area contributed by atoms with Crippen LogP contribution < -0.4 is 10.1 Å². The molecular formula is C22H26ClNO2. The second-order valence-electron chi connectivity index (χ2n) is 7.19. The van der Waals surface area contributed by atoms with E-state index in [-0.39, 0.29) is 11.8 Å². The largest absolute Gasteiger partial charge is 0.493 e. The van der Waals surface area contributed by atoms with Gasteiger partial charge in [0.2, 0.25) is 5.91 Å². The van der Waals surface area contributed by atoms with Crippen LogP contribution in [0.15, 0.2) is 54.6 Å². The maximum absolute atomic E-state index is 12.5. The van der Waals surface area contributed by atoms with Gasteiger partial charge in [-0.25, -0.2) is 0 Å². The molecule has 3 rings (SSSR count). The van der Waals surface area contributed by atoms with Gasteiger partial charge in [-0.2, -0.15) is 0 Å². The van der Waals surface area contributed by atoms with E-state index in [0.29, 0.717) is 16.9 Å². The van der Waals surface area contributed by atoms with Crippen molar-refractivity contribution in [3.63, 3.8) is 0 Å². The number of ether oxygens (including phenoxy) is 1. The standard InChI is InChI=1S/C22H26ClNO2/c1-16(22(25)24-20-13-11-19(23)12-14-20)18-9-7-17(8-10-18)15-26-21-5-3-2-4-6-21/h2-6,11-14,16-18H,7-10,15H2,1H3,(H,24,25). The Hall–Kier alpha value is -2.00. The summed E-state index contributed by atoms with van der Waals surface area (Å²) in [6, 6.07) is 17.2. The number of nitrogens with one attached hydrogen (secondary N) is 1. The molecule has 1 fully saturated rings. The molecule has 2 aromatic rings. The lowest BCUT2D eigenvalue weighted by molar-refractivity contribution is -0.121. The van der Waals surface area contributed by atoms with Crippen molar-refractivity contribution >= 4 is 23.2 Å². The average Bonchev–Trinajstić information content (AvgIpc) is 2.69. The van der Waals surface area contributed by atoms with E-state index < -0.39 is 0 Å². The topological polar surface area (TPSA) is 38.3 Å². The molecule has 4 heteroatoms. The number of para-hydroxylation sites is 1. The van der Waals surface area contributed by atoms with E-state index in [1.807, 2.05) is 49.4 Å². The van der Waals surface area contributed by atoms with E-state index in [0.717, 1.165) is 43.7 Å². The number of halogens is 1. The van der Waals surface area contributed by atoms with Crippen LogP contribution in [0.5, 0.6) is 5.75 Å². The quantitative estimate of drug-likeness (QED) is 0.696. The lowest BCUT2D eigenvalue weighted by atomic mass is 9.76. The number of hydrogen-bond acceptors (Lipinski definition) is 2. The number of anilines is 1. The zero-order valence-corrected chi connectivity index (χ0v) is 15.9. The zero-order valence-electron chi connectivity index (χ0n) is 15.2. The van der Waals surface area contributed by atoms with Gasteiger partial charge in [-0.05, 0) is 73.9 Å². The van der Waals surface area contributed by atoms with Crippen molar-refractivity contribution in [1.82, 2.24) is 0 Å². The molecule has 1 unspecified atom stereocenters. The molecular weight excluding hydrogens is 346 g/mol. The van der Waals surface area contributed by atoms with Gasteiger partial charge in [-0.1, -0.05) is 36.7 Å². The molecule has 3 nitrogen and oxygen atoms in total. The molecule has 0 spiro atoms. The molecule has 0 aromatic heterocycles.